The van der Waals surface area contributed by atoms with E-state index in [1.165, 1.54) is 0 Å². The van der Waals surface area contributed by atoms with E-state index in [9.17, 15) is 4.79 Å². The smallest absolute Gasteiger partial charge is 0.251 e. The maximum atomic E-state index is 11.6. The molecule has 0 aromatic heterocycles. The fourth-order valence-corrected chi connectivity index (χ4v) is 1.49. The van der Waals surface area contributed by atoms with Gasteiger partial charge in [-0.1, -0.05) is 27.2 Å². The van der Waals surface area contributed by atoms with E-state index in [1.54, 1.807) is 18.2 Å². The van der Waals surface area contributed by atoms with Gasteiger partial charge in [0.15, 0.2) is 0 Å². The Labute approximate surface area is 101 Å². The Hall–Kier alpha value is -1.56. The number of hydrogen-bond donors (Lipinski definition) is 3. The Balaban J connectivity index is 2.47. The molecular weight excluding hydrogens is 274 g/mol. The van der Waals surface area contributed by atoms with Gasteiger partial charge in [-0.15, -0.1) is 0 Å². The third kappa shape index (κ3) is 3.90. The number of carbonyl (C=O) groups is 1. The zero-order chi connectivity index (χ0) is 12.0. The van der Waals surface area contributed by atoms with Crippen LogP contribution < -0.4 is 11.1 Å². The summed E-state index contributed by atoms with van der Waals surface area (Å²) in [5, 5.41) is 13.8. The highest BCUT2D eigenvalue weighted by atomic mass is 79.9. The van der Waals surface area contributed by atoms with Crippen LogP contribution in [0, 0.1) is 0 Å². The monoisotopic (exact) mass is 285 g/mol. The van der Waals surface area contributed by atoms with Crippen LogP contribution in [0.15, 0.2) is 33.9 Å². The number of amidine groups is 1. The van der Waals surface area contributed by atoms with Crippen LogP contribution in [0.5, 0.6) is 0 Å². The third-order valence-corrected chi connectivity index (χ3v) is 2.38. The van der Waals surface area contributed by atoms with Gasteiger partial charge in [-0.2, -0.15) is 0 Å². The van der Waals surface area contributed by atoms with Crippen LogP contribution in [0.3, 0.4) is 0 Å². The predicted octanol–water partition coefficient (Wildman–Crippen LogP) is 1.32. The van der Waals surface area contributed by atoms with Crippen molar-refractivity contribution in [2.75, 3.05) is 6.54 Å². The van der Waals surface area contributed by atoms with Gasteiger partial charge in [-0.3, -0.25) is 4.79 Å². The molecule has 0 saturated carbocycles. The molecule has 5 nitrogen and oxygen atoms in total. The summed E-state index contributed by atoms with van der Waals surface area (Å²) in [6.45, 7) is 0.335. The molecule has 16 heavy (non-hydrogen) atoms. The van der Waals surface area contributed by atoms with Crippen molar-refractivity contribution in [3.05, 3.63) is 34.3 Å². The molecule has 0 saturated heterocycles. The Morgan fingerprint density at radius 2 is 2.31 bits per heavy atom. The average Bonchev–Trinajstić information content (AvgIpc) is 2.28. The Morgan fingerprint density at radius 3 is 2.94 bits per heavy atom. The van der Waals surface area contributed by atoms with Crippen LogP contribution in [0.25, 0.3) is 0 Å². The molecule has 1 rings (SSSR count). The van der Waals surface area contributed by atoms with Crippen molar-refractivity contribution in [2.24, 2.45) is 10.9 Å². The summed E-state index contributed by atoms with van der Waals surface area (Å²) < 4.78 is 0.844. The lowest BCUT2D eigenvalue weighted by Gasteiger charge is -2.04. The van der Waals surface area contributed by atoms with Crippen molar-refractivity contribution in [1.82, 2.24) is 5.32 Å². The van der Waals surface area contributed by atoms with Crippen LogP contribution in [0.4, 0.5) is 0 Å². The van der Waals surface area contributed by atoms with Crippen molar-refractivity contribution in [1.29, 1.82) is 0 Å². The van der Waals surface area contributed by atoms with Crippen molar-refractivity contribution in [3.8, 4) is 0 Å². The van der Waals surface area contributed by atoms with Crippen LogP contribution in [0.2, 0.25) is 0 Å². The van der Waals surface area contributed by atoms with Gasteiger partial charge >= 0.3 is 0 Å². The largest absolute Gasteiger partial charge is 0.409 e. The molecular formula is C10H12BrN3O2. The molecule has 0 spiro atoms. The SMILES string of the molecule is NC(CCNC(=O)c1cccc(Br)c1)=NO. The number of nitrogens with two attached hydrogens (primary N) is 1. The van der Waals surface area contributed by atoms with E-state index in [4.69, 9.17) is 10.9 Å². The van der Waals surface area contributed by atoms with Crippen LogP contribution in [0.1, 0.15) is 16.8 Å². The fraction of sp³-hybridized carbons (Fsp3) is 0.200. The van der Waals surface area contributed by atoms with Crippen molar-refractivity contribution in [3.63, 3.8) is 0 Å². The molecule has 6 heteroatoms. The maximum absolute atomic E-state index is 11.6. The number of hydrogen-bond acceptors (Lipinski definition) is 3. The number of amides is 1. The Kier molecular flexibility index (Phi) is 4.78. The number of carbonyl (C=O) groups excluding carboxylic acids is 1. The highest BCUT2D eigenvalue weighted by Gasteiger charge is 2.04. The topological polar surface area (TPSA) is 87.7 Å². The van der Waals surface area contributed by atoms with Gasteiger partial charge in [-0.05, 0) is 18.2 Å². The number of rotatable bonds is 4. The van der Waals surface area contributed by atoms with Crippen LogP contribution >= 0.6 is 15.9 Å². The van der Waals surface area contributed by atoms with E-state index >= 15 is 0 Å². The average molecular weight is 286 g/mol. The quantitative estimate of drug-likeness (QED) is 0.337. The molecule has 0 fully saturated rings. The summed E-state index contributed by atoms with van der Waals surface area (Å²) >= 11 is 3.28. The first kappa shape index (κ1) is 12.5. The molecule has 0 aliphatic heterocycles. The van der Waals surface area contributed by atoms with E-state index in [0.717, 1.165) is 4.47 Å². The summed E-state index contributed by atoms with van der Waals surface area (Å²) in [5.74, 6) is -0.0958. The van der Waals surface area contributed by atoms with E-state index in [0.29, 0.717) is 18.5 Å². The highest BCUT2D eigenvalue weighted by Crippen LogP contribution is 2.11. The molecule has 0 bridgehead atoms. The molecule has 1 aromatic carbocycles. The van der Waals surface area contributed by atoms with E-state index in [2.05, 4.69) is 26.4 Å². The summed E-state index contributed by atoms with van der Waals surface area (Å²) in [6, 6.07) is 7.05. The normalized spacial score (nSPS) is 11.2. The molecule has 0 heterocycles. The Morgan fingerprint density at radius 1 is 1.56 bits per heavy atom. The number of nitrogens with zero attached hydrogens (tertiary/aromatic N) is 1. The first-order valence-electron chi connectivity index (χ1n) is 4.63. The van der Waals surface area contributed by atoms with Crippen molar-refractivity contribution in [2.45, 2.75) is 6.42 Å². The van der Waals surface area contributed by atoms with Crippen LogP contribution in [-0.4, -0.2) is 23.5 Å². The summed E-state index contributed by atoms with van der Waals surface area (Å²) in [4.78, 5) is 11.6. The molecule has 1 amide bonds. The van der Waals surface area contributed by atoms with Gasteiger partial charge in [0, 0.05) is 23.0 Å². The second-order valence-corrected chi connectivity index (χ2v) is 4.02. The van der Waals surface area contributed by atoms with Gasteiger partial charge in [0.2, 0.25) is 0 Å². The van der Waals surface area contributed by atoms with Gasteiger partial charge in [0.25, 0.3) is 5.91 Å². The zero-order valence-electron chi connectivity index (χ0n) is 8.48. The van der Waals surface area contributed by atoms with Crippen molar-refractivity contribution >= 4 is 27.7 Å². The number of oxime groups is 1. The molecule has 0 aliphatic rings. The van der Waals surface area contributed by atoms with Gasteiger partial charge in [0.05, 0.1) is 0 Å². The molecule has 0 aliphatic carbocycles. The predicted molar refractivity (Wildman–Crippen MR) is 64.5 cm³/mol. The minimum atomic E-state index is -0.188. The summed E-state index contributed by atoms with van der Waals surface area (Å²) in [7, 11) is 0. The maximum Gasteiger partial charge on any atom is 0.251 e. The first-order chi connectivity index (χ1) is 7.63. The van der Waals surface area contributed by atoms with E-state index in [1.807, 2.05) is 6.07 Å². The molecule has 0 radical (unpaired) electrons. The molecule has 86 valence electrons. The lowest BCUT2D eigenvalue weighted by Crippen LogP contribution is -2.27. The first-order valence-corrected chi connectivity index (χ1v) is 5.43. The van der Waals surface area contributed by atoms with Gasteiger partial charge in [0.1, 0.15) is 5.84 Å². The second kappa shape index (κ2) is 6.12. The lowest BCUT2D eigenvalue weighted by molar-refractivity contribution is 0.0954. The zero-order valence-corrected chi connectivity index (χ0v) is 10.1. The highest BCUT2D eigenvalue weighted by molar-refractivity contribution is 9.10. The minimum absolute atomic E-state index is 0.0922. The molecule has 4 N–H and O–H groups in total. The molecule has 1 aromatic rings. The second-order valence-electron chi connectivity index (χ2n) is 3.11. The van der Waals surface area contributed by atoms with Crippen molar-refractivity contribution < 1.29 is 10.0 Å². The van der Waals surface area contributed by atoms with E-state index < -0.39 is 0 Å². The van der Waals surface area contributed by atoms with Gasteiger partial charge < -0.3 is 16.3 Å². The summed E-state index contributed by atoms with van der Waals surface area (Å²) in [5.41, 5.74) is 5.83. The standard InChI is InChI=1S/C10H12BrN3O2/c11-8-3-1-2-7(6-8)10(15)13-5-4-9(12)14-16/h1-3,6,16H,4-5H2,(H2,12,14)(H,13,15). The third-order valence-electron chi connectivity index (χ3n) is 1.88. The minimum Gasteiger partial charge on any atom is -0.409 e. The molecule has 0 unspecified atom stereocenters. The van der Waals surface area contributed by atoms with Gasteiger partial charge in [-0.25, -0.2) is 0 Å². The number of halogens is 1. The molecule has 0 atom stereocenters. The summed E-state index contributed by atoms with van der Waals surface area (Å²) in [6.07, 6.45) is 0.316. The number of benzene rings is 1. The Bertz CT molecular complexity index is 407. The fourth-order valence-electron chi connectivity index (χ4n) is 1.09. The lowest BCUT2D eigenvalue weighted by atomic mass is 10.2. The van der Waals surface area contributed by atoms with Crippen LogP contribution in [-0.2, 0) is 0 Å². The van der Waals surface area contributed by atoms with E-state index in [-0.39, 0.29) is 11.7 Å². The number of nitrogens with one attached hydrogen (secondary N) is 1.